The molecule has 1 fully saturated rings. The predicted molar refractivity (Wildman–Crippen MR) is 106 cm³/mol. The van der Waals surface area contributed by atoms with E-state index >= 15 is 0 Å². The van der Waals surface area contributed by atoms with Gasteiger partial charge in [0.25, 0.3) is 0 Å². The van der Waals surface area contributed by atoms with Crippen LogP contribution in [0.5, 0.6) is 0 Å². The Kier molecular flexibility index (Phi) is 7.86. The molecule has 1 atom stereocenters. The summed E-state index contributed by atoms with van der Waals surface area (Å²) in [4.78, 5) is 47.3. The second-order valence-corrected chi connectivity index (χ2v) is 8.06. The van der Waals surface area contributed by atoms with Crippen LogP contribution in [0.15, 0.2) is 12.4 Å². The van der Waals surface area contributed by atoms with E-state index in [0.29, 0.717) is 25.5 Å². The third kappa shape index (κ3) is 7.24. The lowest BCUT2D eigenvalue weighted by Gasteiger charge is -2.35. The summed E-state index contributed by atoms with van der Waals surface area (Å²) in [5, 5.41) is 2.34. The second kappa shape index (κ2) is 10.0. The van der Waals surface area contributed by atoms with Crippen LogP contribution < -0.4 is 10.2 Å². The van der Waals surface area contributed by atoms with Gasteiger partial charge in [-0.05, 0) is 20.8 Å². The fraction of sp³-hybridized carbons (Fsp3) is 0.632. The number of carbonyl (C=O) groups excluding carboxylic acids is 3. The summed E-state index contributed by atoms with van der Waals surface area (Å²) in [6, 6.07) is -1.22. The van der Waals surface area contributed by atoms with Crippen LogP contribution in [0, 0.1) is 0 Å². The molecular formula is C19H26F3N5O5. The van der Waals surface area contributed by atoms with Gasteiger partial charge in [0.05, 0.1) is 19.1 Å². The topological polar surface area (TPSA) is 114 Å². The van der Waals surface area contributed by atoms with Crippen LogP contribution in [0.1, 0.15) is 32.8 Å². The van der Waals surface area contributed by atoms with Crippen molar-refractivity contribution >= 4 is 23.9 Å². The van der Waals surface area contributed by atoms with E-state index in [4.69, 9.17) is 4.74 Å². The van der Waals surface area contributed by atoms with Crippen LogP contribution in [0.4, 0.5) is 23.9 Å². The zero-order valence-electron chi connectivity index (χ0n) is 18.2. The first-order valence-corrected chi connectivity index (χ1v) is 9.79. The summed E-state index contributed by atoms with van der Waals surface area (Å²) in [6.45, 7) is 6.03. The number of carbonyl (C=O) groups is 3. The van der Waals surface area contributed by atoms with Gasteiger partial charge in [0, 0.05) is 38.6 Å². The molecule has 2 heterocycles. The maximum atomic E-state index is 12.6. The molecule has 0 saturated carbocycles. The first-order chi connectivity index (χ1) is 14.8. The number of methoxy groups -OCH3 is 1. The van der Waals surface area contributed by atoms with E-state index < -0.39 is 41.4 Å². The Morgan fingerprint density at radius 1 is 1.09 bits per heavy atom. The second-order valence-electron chi connectivity index (χ2n) is 8.06. The van der Waals surface area contributed by atoms with Crippen molar-refractivity contribution in [3.8, 4) is 0 Å². The van der Waals surface area contributed by atoms with Crippen molar-refractivity contribution in [2.45, 2.75) is 45.0 Å². The fourth-order valence-corrected chi connectivity index (χ4v) is 2.88. The number of alkyl carbamates (subject to hydrolysis) is 1. The average molecular weight is 461 g/mol. The molecule has 0 aromatic carbocycles. The zero-order chi connectivity index (χ0) is 24.1. The Morgan fingerprint density at radius 2 is 1.66 bits per heavy atom. The highest BCUT2D eigenvalue weighted by atomic mass is 19.4. The summed E-state index contributed by atoms with van der Waals surface area (Å²) in [5.74, 6) is -1.06. The largest absolute Gasteiger partial charge is 0.467 e. The molecule has 10 nitrogen and oxygen atoms in total. The first-order valence-electron chi connectivity index (χ1n) is 9.79. The number of rotatable bonds is 5. The Morgan fingerprint density at radius 3 is 2.12 bits per heavy atom. The van der Waals surface area contributed by atoms with Gasteiger partial charge in [-0.1, -0.05) is 0 Å². The average Bonchev–Trinajstić information content (AvgIpc) is 2.71. The summed E-state index contributed by atoms with van der Waals surface area (Å²) < 4.78 is 47.7. The molecule has 178 valence electrons. The quantitative estimate of drug-likeness (QED) is 0.658. The minimum Gasteiger partial charge on any atom is -0.467 e. The number of anilines is 1. The number of aromatic nitrogens is 2. The lowest BCUT2D eigenvalue weighted by atomic mass is 10.1. The number of hydrogen-bond acceptors (Lipinski definition) is 8. The van der Waals surface area contributed by atoms with Gasteiger partial charge in [-0.3, -0.25) is 4.79 Å². The lowest BCUT2D eigenvalue weighted by molar-refractivity contribution is -0.146. The van der Waals surface area contributed by atoms with Crippen LogP contribution in [-0.4, -0.2) is 77.8 Å². The maximum absolute atomic E-state index is 12.6. The van der Waals surface area contributed by atoms with Crippen molar-refractivity contribution in [2.24, 2.45) is 0 Å². The van der Waals surface area contributed by atoms with E-state index in [-0.39, 0.29) is 25.5 Å². The number of piperazine rings is 1. The normalized spacial score (nSPS) is 15.7. The molecule has 1 aromatic heterocycles. The predicted octanol–water partition coefficient (Wildman–Crippen LogP) is 1.60. The smallest absolute Gasteiger partial charge is 0.419 e. The van der Waals surface area contributed by atoms with E-state index in [1.807, 2.05) is 0 Å². The maximum Gasteiger partial charge on any atom is 0.419 e. The number of esters is 1. The van der Waals surface area contributed by atoms with Crippen LogP contribution in [-0.2, 0) is 25.2 Å². The molecule has 1 aromatic rings. The molecule has 1 aliphatic heterocycles. The number of hydrogen-bond donors (Lipinski definition) is 1. The van der Waals surface area contributed by atoms with Gasteiger partial charge in [0.15, 0.2) is 0 Å². The van der Waals surface area contributed by atoms with Gasteiger partial charge >= 0.3 is 18.2 Å². The van der Waals surface area contributed by atoms with Crippen molar-refractivity contribution in [1.29, 1.82) is 0 Å². The molecule has 0 bridgehead atoms. The van der Waals surface area contributed by atoms with E-state index in [0.717, 1.165) is 7.11 Å². The number of halogens is 3. The molecule has 1 aliphatic rings. The molecular weight excluding hydrogens is 435 g/mol. The first kappa shape index (κ1) is 25.1. The van der Waals surface area contributed by atoms with Gasteiger partial charge in [-0.2, -0.15) is 13.2 Å². The van der Waals surface area contributed by atoms with Crippen LogP contribution >= 0.6 is 0 Å². The summed E-state index contributed by atoms with van der Waals surface area (Å²) in [6.07, 6.45) is -4.28. The Bertz CT molecular complexity index is 818. The molecule has 0 spiro atoms. The van der Waals surface area contributed by atoms with Crippen molar-refractivity contribution in [3.05, 3.63) is 18.0 Å². The van der Waals surface area contributed by atoms with E-state index in [1.165, 1.54) is 4.90 Å². The standard InChI is InChI=1S/C19H26F3N5O5/c1-18(2,3)32-17(30)25-13(15(29)31-4)9-14(28)26-5-7-27(8-6-26)16-23-10-12(11-24-16)19(20,21)22/h10-11,13H,5-9H2,1-4H3,(H,25,30)/t13-/m0/s1. The molecule has 13 heteroatoms. The van der Waals surface area contributed by atoms with Crippen molar-refractivity contribution in [1.82, 2.24) is 20.2 Å². The molecule has 0 aliphatic carbocycles. The molecule has 32 heavy (non-hydrogen) atoms. The monoisotopic (exact) mass is 461 g/mol. The van der Waals surface area contributed by atoms with Gasteiger partial charge in [-0.25, -0.2) is 19.6 Å². The van der Waals surface area contributed by atoms with Crippen LogP contribution in [0.25, 0.3) is 0 Å². The number of alkyl halides is 3. The minimum absolute atomic E-state index is 0.129. The van der Waals surface area contributed by atoms with Crippen molar-refractivity contribution in [3.63, 3.8) is 0 Å². The molecule has 0 radical (unpaired) electrons. The third-order valence-electron chi connectivity index (χ3n) is 4.44. The number of ether oxygens (including phenoxy) is 2. The Hall–Kier alpha value is -3.12. The zero-order valence-corrected chi connectivity index (χ0v) is 18.2. The molecule has 2 amide bonds. The van der Waals surface area contributed by atoms with Crippen molar-refractivity contribution in [2.75, 3.05) is 38.2 Å². The van der Waals surface area contributed by atoms with Gasteiger partial charge < -0.3 is 24.6 Å². The summed E-state index contributed by atoms with van der Waals surface area (Å²) >= 11 is 0. The number of nitrogens with one attached hydrogen (secondary N) is 1. The highest BCUT2D eigenvalue weighted by molar-refractivity contribution is 5.88. The number of amides is 2. The fourth-order valence-electron chi connectivity index (χ4n) is 2.88. The number of nitrogens with zero attached hydrogens (tertiary/aromatic N) is 4. The van der Waals surface area contributed by atoms with Gasteiger partial charge in [0.1, 0.15) is 11.6 Å². The summed E-state index contributed by atoms with van der Waals surface area (Å²) in [7, 11) is 1.14. The van der Waals surface area contributed by atoms with Crippen molar-refractivity contribution < 1.29 is 37.0 Å². The van der Waals surface area contributed by atoms with Gasteiger partial charge in [0.2, 0.25) is 11.9 Å². The Labute approximate surface area is 183 Å². The molecule has 2 rings (SSSR count). The van der Waals surface area contributed by atoms with Crippen LogP contribution in [0.2, 0.25) is 0 Å². The molecule has 0 unspecified atom stereocenters. The lowest BCUT2D eigenvalue weighted by Crippen LogP contribution is -2.52. The minimum atomic E-state index is -4.52. The van der Waals surface area contributed by atoms with E-state index in [2.05, 4.69) is 20.0 Å². The molecule has 1 saturated heterocycles. The highest BCUT2D eigenvalue weighted by Crippen LogP contribution is 2.28. The Balaban J connectivity index is 1.93. The summed E-state index contributed by atoms with van der Waals surface area (Å²) in [5.41, 5.74) is -1.73. The molecule has 1 N–H and O–H groups in total. The third-order valence-corrected chi connectivity index (χ3v) is 4.44. The van der Waals surface area contributed by atoms with E-state index in [9.17, 15) is 27.6 Å². The highest BCUT2D eigenvalue weighted by Gasteiger charge is 2.33. The van der Waals surface area contributed by atoms with Crippen LogP contribution in [0.3, 0.4) is 0 Å². The SMILES string of the molecule is COC(=O)[C@H](CC(=O)N1CCN(c2ncc(C(F)(F)F)cn2)CC1)NC(=O)OC(C)(C)C. The van der Waals surface area contributed by atoms with Gasteiger partial charge in [-0.15, -0.1) is 0 Å². The van der Waals surface area contributed by atoms with E-state index in [1.54, 1.807) is 25.7 Å².